The third-order valence-electron chi connectivity index (χ3n) is 2.80. The maximum atomic E-state index is 11.1. The molecule has 1 aromatic heterocycles. The molecule has 0 aliphatic carbocycles. The van der Waals surface area contributed by atoms with E-state index in [0.29, 0.717) is 6.42 Å². The first-order valence-electron chi connectivity index (χ1n) is 5.13. The van der Waals surface area contributed by atoms with Gasteiger partial charge in [0.15, 0.2) is 0 Å². The second-order valence-corrected chi connectivity index (χ2v) is 4.49. The average Bonchev–Trinajstić information content (AvgIpc) is 2.55. The van der Waals surface area contributed by atoms with Gasteiger partial charge in [0.2, 0.25) is 0 Å². The summed E-state index contributed by atoms with van der Waals surface area (Å²) < 4.78 is 2.66. The zero-order valence-corrected chi connectivity index (χ0v) is 10.1. The molecule has 0 bridgehead atoms. The van der Waals surface area contributed by atoms with Gasteiger partial charge < -0.3 is 9.67 Å². The largest absolute Gasteiger partial charge is 0.480 e. The summed E-state index contributed by atoms with van der Waals surface area (Å²) in [6.45, 7) is 2.02. The Balaban J connectivity index is 2.50. The number of rotatable bonds is 2. The minimum absolute atomic E-state index is 0.448. The lowest BCUT2D eigenvalue weighted by atomic mass is 10.1. The molecule has 0 amide bonds. The summed E-state index contributed by atoms with van der Waals surface area (Å²) in [4.78, 5) is 15.6. The number of aryl methyl sites for hydroxylation is 2. The van der Waals surface area contributed by atoms with Gasteiger partial charge in [-0.3, -0.25) is 0 Å². The number of aromatic nitrogens is 2. The van der Waals surface area contributed by atoms with Crippen molar-refractivity contribution in [1.29, 1.82) is 0 Å². The molecule has 2 rings (SSSR count). The standard InChI is InChI=1S/C10H13BrN2O2/c1-2-6-9(11)13-7(10(14)15)4-3-5-8(13)12-6/h7H,2-5H2,1H3,(H,14,15). The number of aliphatic carboxylic acids is 1. The Morgan fingerprint density at radius 1 is 1.73 bits per heavy atom. The van der Waals surface area contributed by atoms with Gasteiger partial charge in [-0.05, 0) is 35.2 Å². The van der Waals surface area contributed by atoms with Crippen molar-refractivity contribution < 1.29 is 9.90 Å². The molecule has 1 unspecified atom stereocenters. The fourth-order valence-electron chi connectivity index (χ4n) is 2.04. The Labute approximate surface area is 96.4 Å². The number of imidazole rings is 1. The molecule has 1 atom stereocenters. The summed E-state index contributed by atoms with van der Waals surface area (Å²) in [5.41, 5.74) is 0.957. The number of carbonyl (C=O) groups is 1. The van der Waals surface area contributed by atoms with Crippen molar-refractivity contribution in [2.45, 2.75) is 38.6 Å². The normalized spacial score (nSPS) is 20.0. The Kier molecular flexibility index (Phi) is 2.82. The van der Waals surface area contributed by atoms with E-state index < -0.39 is 12.0 Å². The van der Waals surface area contributed by atoms with Crippen molar-refractivity contribution in [1.82, 2.24) is 9.55 Å². The van der Waals surface area contributed by atoms with Crippen LogP contribution in [0.4, 0.5) is 0 Å². The minimum atomic E-state index is -0.767. The maximum absolute atomic E-state index is 11.1. The van der Waals surface area contributed by atoms with Gasteiger partial charge in [0.05, 0.1) is 5.69 Å². The number of halogens is 1. The van der Waals surface area contributed by atoms with Crippen LogP contribution in [0.5, 0.6) is 0 Å². The predicted molar refractivity (Wildman–Crippen MR) is 58.9 cm³/mol. The Hall–Kier alpha value is -0.840. The molecule has 1 aliphatic heterocycles. The van der Waals surface area contributed by atoms with E-state index in [-0.39, 0.29) is 0 Å². The number of carboxylic acid groups (broad SMARTS) is 1. The molecular weight excluding hydrogens is 260 g/mol. The molecule has 0 radical (unpaired) electrons. The van der Waals surface area contributed by atoms with E-state index in [2.05, 4.69) is 20.9 Å². The average molecular weight is 273 g/mol. The number of hydrogen-bond acceptors (Lipinski definition) is 2. The molecule has 0 aromatic carbocycles. The fraction of sp³-hybridized carbons (Fsp3) is 0.600. The second-order valence-electron chi connectivity index (χ2n) is 3.74. The third-order valence-corrected chi connectivity index (χ3v) is 3.64. The Morgan fingerprint density at radius 3 is 3.07 bits per heavy atom. The molecule has 0 spiro atoms. The Bertz CT molecular complexity index is 400. The van der Waals surface area contributed by atoms with Gasteiger partial charge in [-0.2, -0.15) is 0 Å². The van der Waals surface area contributed by atoms with E-state index in [4.69, 9.17) is 5.11 Å². The third kappa shape index (κ3) is 1.69. The molecule has 1 aliphatic rings. The smallest absolute Gasteiger partial charge is 0.326 e. The lowest BCUT2D eigenvalue weighted by Gasteiger charge is -2.22. The lowest BCUT2D eigenvalue weighted by Crippen LogP contribution is -2.25. The first kappa shape index (κ1) is 10.7. The van der Waals surface area contributed by atoms with Crippen molar-refractivity contribution >= 4 is 21.9 Å². The fourth-order valence-corrected chi connectivity index (χ4v) is 2.86. The highest BCUT2D eigenvalue weighted by atomic mass is 79.9. The monoisotopic (exact) mass is 272 g/mol. The Morgan fingerprint density at radius 2 is 2.47 bits per heavy atom. The van der Waals surface area contributed by atoms with Crippen LogP contribution in [0.15, 0.2) is 4.60 Å². The first-order valence-corrected chi connectivity index (χ1v) is 5.92. The summed E-state index contributed by atoms with van der Waals surface area (Å²) in [6.07, 6.45) is 3.30. The van der Waals surface area contributed by atoms with Gasteiger partial charge in [-0.25, -0.2) is 9.78 Å². The van der Waals surface area contributed by atoms with Crippen molar-refractivity contribution in [2.75, 3.05) is 0 Å². The molecule has 5 heteroatoms. The van der Waals surface area contributed by atoms with Crippen LogP contribution >= 0.6 is 15.9 Å². The van der Waals surface area contributed by atoms with Crippen LogP contribution in [0, 0.1) is 0 Å². The van der Waals surface area contributed by atoms with Crippen LogP contribution in [0.3, 0.4) is 0 Å². The van der Waals surface area contributed by atoms with Crippen LogP contribution in [0.1, 0.15) is 37.3 Å². The van der Waals surface area contributed by atoms with Crippen molar-refractivity contribution in [3.05, 3.63) is 16.1 Å². The van der Waals surface area contributed by atoms with E-state index >= 15 is 0 Å². The minimum Gasteiger partial charge on any atom is -0.480 e. The summed E-state index contributed by atoms with van der Waals surface area (Å²) >= 11 is 3.44. The number of hydrogen-bond donors (Lipinski definition) is 1. The van der Waals surface area contributed by atoms with Crippen molar-refractivity contribution in [2.24, 2.45) is 0 Å². The van der Waals surface area contributed by atoms with E-state index in [1.54, 1.807) is 0 Å². The summed E-state index contributed by atoms with van der Waals surface area (Å²) in [7, 11) is 0. The first-order chi connectivity index (χ1) is 7.15. The van der Waals surface area contributed by atoms with Crippen molar-refractivity contribution in [3.8, 4) is 0 Å². The highest BCUT2D eigenvalue weighted by molar-refractivity contribution is 9.10. The van der Waals surface area contributed by atoms with Crippen LogP contribution in [0.25, 0.3) is 0 Å². The van der Waals surface area contributed by atoms with Gasteiger partial charge in [0, 0.05) is 6.42 Å². The van der Waals surface area contributed by atoms with E-state index in [0.717, 1.165) is 35.4 Å². The molecule has 0 saturated carbocycles. The predicted octanol–water partition coefficient (Wildman–Crippen LogP) is 2.17. The van der Waals surface area contributed by atoms with Gasteiger partial charge in [0.1, 0.15) is 16.5 Å². The zero-order chi connectivity index (χ0) is 11.0. The van der Waals surface area contributed by atoms with E-state index in [9.17, 15) is 4.79 Å². The van der Waals surface area contributed by atoms with Crippen LogP contribution in [-0.4, -0.2) is 20.6 Å². The second kappa shape index (κ2) is 3.96. The molecule has 4 nitrogen and oxygen atoms in total. The number of nitrogens with zero attached hydrogens (tertiary/aromatic N) is 2. The summed E-state index contributed by atoms with van der Waals surface area (Å²) in [5, 5.41) is 9.12. The zero-order valence-electron chi connectivity index (χ0n) is 8.53. The van der Waals surface area contributed by atoms with Crippen LogP contribution in [-0.2, 0) is 17.6 Å². The number of fused-ring (bicyclic) bond motifs is 1. The summed E-state index contributed by atoms with van der Waals surface area (Å²) in [5.74, 6) is 0.133. The molecule has 2 heterocycles. The quantitative estimate of drug-likeness (QED) is 0.898. The molecule has 0 saturated heterocycles. The van der Waals surface area contributed by atoms with Gasteiger partial charge in [0.25, 0.3) is 0 Å². The number of carboxylic acids is 1. The maximum Gasteiger partial charge on any atom is 0.326 e. The molecule has 15 heavy (non-hydrogen) atoms. The topological polar surface area (TPSA) is 55.1 Å². The van der Waals surface area contributed by atoms with Crippen LogP contribution in [0.2, 0.25) is 0 Å². The molecule has 1 aromatic rings. The molecule has 1 N–H and O–H groups in total. The highest BCUT2D eigenvalue weighted by Gasteiger charge is 2.29. The van der Waals surface area contributed by atoms with Crippen LogP contribution < -0.4 is 0 Å². The SMILES string of the molecule is CCc1nc2n(c1Br)C(C(=O)O)CCC2. The summed E-state index contributed by atoms with van der Waals surface area (Å²) in [6, 6.07) is -0.448. The van der Waals surface area contributed by atoms with Crippen molar-refractivity contribution in [3.63, 3.8) is 0 Å². The van der Waals surface area contributed by atoms with E-state index in [1.165, 1.54) is 0 Å². The molecular formula is C10H13BrN2O2. The van der Waals surface area contributed by atoms with Gasteiger partial charge >= 0.3 is 5.97 Å². The highest BCUT2D eigenvalue weighted by Crippen LogP contribution is 2.31. The van der Waals surface area contributed by atoms with E-state index in [1.807, 2.05) is 11.5 Å². The van der Waals surface area contributed by atoms with Gasteiger partial charge in [-0.1, -0.05) is 6.92 Å². The molecule has 82 valence electrons. The van der Waals surface area contributed by atoms with Gasteiger partial charge in [-0.15, -0.1) is 0 Å². The lowest BCUT2D eigenvalue weighted by molar-refractivity contribution is -0.141. The molecule has 0 fully saturated rings.